The lowest BCUT2D eigenvalue weighted by Gasteiger charge is -2.12. The number of methoxy groups -OCH3 is 6. The van der Waals surface area contributed by atoms with Gasteiger partial charge in [-0.25, -0.2) is 0 Å². The number of Topliss-reactive ketones (excluding diaryl/α,β-unsaturated/α-hetero) is 1. The van der Waals surface area contributed by atoms with Gasteiger partial charge >= 0.3 is 0 Å². The van der Waals surface area contributed by atoms with Crippen molar-refractivity contribution < 1.29 is 53.0 Å². The molecular formula is C46H50O11. The van der Waals surface area contributed by atoms with Gasteiger partial charge < -0.3 is 38.6 Å². The van der Waals surface area contributed by atoms with Crippen molar-refractivity contribution in [3.63, 3.8) is 0 Å². The SMILES string of the molecule is C.C.CC(=O)c1ccc2ccccc2c1O.COc1cc(/C=C/C(=O)c2ccc3ccccc3c2O)cc(OC)c1OC.COc1cc(C=O)cc(OC)c1OC. The second-order valence-corrected chi connectivity index (χ2v) is 11.7. The van der Waals surface area contributed by atoms with Crippen molar-refractivity contribution in [2.24, 2.45) is 0 Å². The first-order valence-corrected chi connectivity index (χ1v) is 16.8. The molecule has 6 rings (SSSR count). The van der Waals surface area contributed by atoms with Crippen LogP contribution < -0.4 is 28.4 Å². The van der Waals surface area contributed by atoms with Gasteiger partial charge in [0.15, 0.2) is 34.6 Å². The summed E-state index contributed by atoms with van der Waals surface area (Å²) in [6, 6.07) is 28.4. The van der Waals surface area contributed by atoms with E-state index in [1.807, 2.05) is 48.5 Å². The molecule has 0 saturated heterocycles. The molecule has 0 fully saturated rings. The lowest BCUT2D eigenvalue weighted by Crippen LogP contribution is -1.97. The average molecular weight is 779 g/mol. The molecule has 0 unspecified atom stereocenters. The molecule has 0 spiro atoms. The fourth-order valence-electron chi connectivity index (χ4n) is 5.62. The van der Waals surface area contributed by atoms with E-state index in [1.165, 1.54) is 55.7 Å². The van der Waals surface area contributed by atoms with Crippen molar-refractivity contribution in [3.05, 3.63) is 125 Å². The molecule has 6 aromatic carbocycles. The van der Waals surface area contributed by atoms with Crippen LogP contribution in [0.5, 0.6) is 46.0 Å². The average Bonchev–Trinajstić information content (AvgIpc) is 3.22. The van der Waals surface area contributed by atoms with Crippen LogP contribution in [0.2, 0.25) is 0 Å². The van der Waals surface area contributed by atoms with Gasteiger partial charge in [0.25, 0.3) is 0 Å². The highest BCUT2D eigenvalue weighted by atomic mass is 16.5. The highest BCUT2D eigenvalue weighted by Gasteiger charge is 2.15. The second-order valence-electron chi connectivity index (χ2n) is 11.7. The summed E-state index contributed by atoms with van der Waals surface area (Å²) >= 11 is 0. The molecule has 11 heteroatoms. The van der Waals surface area contributed by atoms with Gasteiger partial charge in [0.2, 0.25) is 11.5 Å². The molecule has 57 heavy (non-hydrogen) atoms. The van der Waals surface area contributed by atoms with E-state index in [4.69, 9.17) is 28.4 Å². The van der Waals surface area contributed by atoms with Crippen LogP contribution in [-0.4, -0.2) is 70.7 Å². The van der Waals surface area contributed by atoms with Gasteiger partial charge in [0.05, 0.1) is 53.8 Å². The van der Waals surface area contributed by atoms with E-state index in [0.29, 0.717) is 56.6 Å². The fraction of sp³-hybridized carbons (Fsp3) is 0.196. The minimum Gasteiger partial charge on any atom is -0.507 e. The first-order valence-electron chi connectivity index (χ1n) is 16.8. The Bertz CT molecular complexity index is 2290. The number of phenolic OH excluding ortho intramolecular Hbond substituents is 2. The van der Waals surface area contributed by atoms with Crippen LogP contribution in [0, 0.1) is 0 Å². The molecule has 0 bridgehead atoms. The maximum Gasteiger partial charge on any atom is 0.203 e. The van der Waals surface area contributed by atoms with Gasteiger partial charge in [-0.3, -0.25) is 14.4 Å². The maximum absolute atomic E-state index is 12.6. The smallest absolute Gasteiger partial charge is 0.203 e. The molecule has 0 aliphatic rings. The van der Waals surface area contributed by atoms with E-state index >= 15 is 0 Å². The molecule has 11 nitrogen and oxygen atoms in total. The maximum atomic E-state index is 12.6. The van der Waals surface area contributed by atoms with Crippen LogP contribution >= 0.6 is 0 Å². The van der Waals surface area contributed by atoms with Gasteiger partial charge in [0.1, 0.15) is 17.8 Å². The van der Waals surface area contributed by atoms with Crippen LogP contribution in [-0.2, 0) is 0 Å². The van der Waals surface area contributed by atoms with Gasteiger partial charge in [-0.05, 0) is 65.7 Å². The summed E-state index contributed by atoms with van der Waals surface area (Å²) in [4.78, 5) is 34.3. The Labute approximate surface area is 333 Å². The Morgan fingerprint density at radius 2 is 0.912 bits per heavy atom. The number of allylic oxidation sites excluding steroid dienone is 1. The Kier molecular flexibility index (Phi) is 17.6. The number of carbonyl (C=O) groups excluding carboxylic acids is 3. The van der Waals surface area contributed by atoms with Crippen molar-refractivity contribution >= 4 is 45.5 Å². The molecule has 0 saturated carbocycles. The number of aldehydes is 1. The van der Waals surface area contributed by atoms with E-state index in [1.54, 1.807) is 54.6 Å². The first kappa shape index (κ1) is 46.1. The van der Waals surface area contributed by atoms with Crippen LogP contribution in [0.15, 0.2) is 103 Å². The molecule has 0 atom stereocenters. The topological polar surface area (TPSA) is 147 Å². The minimum absolute atomic E-state index is 0. The number of hydrogen-bond donors (Lipinski definition) is 2. The van der Waals surface area contributed by atoms with E-state index in [9.17, 15) is 24.6 Å². The molecule has 0 aliphatic carbocycles. The number of benzene rings is 6. The quantitative estimate of drug-likeness (QED) is 0.0736. The van der Waals surface area contributed by atoms with Gasteiger partial charge in [0, 0.05) is 16.3 Å². The number of aromatic hydroxyl groups is 2. The number of rotatable bonds is 11. The summed E-state index contributed by atoms with van der Waals surface area (Å²) in [5.74, 6) is 2.57. The molecular weight excluding hydrogens is 728 g/mol. The predicted octanol–water partition coefficient (Wildman–Crippen LogP) is 10.0. The third kappa shape index (κ3) is 10.8. The zero-order chi connectivity index (χ0) is 40.1. The lowest BCUT2D eigenvalue weighted by molar-refractivity contribution is 0.101. The number of hydrogen-bond acceptors (Lipinski definition) is 11. The van der Waals surface area contributed by atoms with Crippen LogP contribution in [0.1, 0.15) is 58.4 Å². The summed E-state index contributed by atoms with van der Waals surface area (Å²) in [5, 5.41) is 23.4. The van der Waals surface area contributed by atoms with Crippen molar-refractivity contribution in [3.8, 4) is 46.0 Å². The van der Waals surface area contributed by atoms with E-state index in [-0.39, 0.29) is 43.5 Å². The van der Waals surface area contributed by atoms with Gasteiger partial charge in [-0.1, -0.05) is 81.6 Å². The summed E-state index contributed by atoms with van der Waals surface area (Å²) in [6.45, 7) is 1.45. The molecule has 0 aromatic heterocycles. The van der Waals surface area contributed by atoms with E-state index < -0.39 is 0 Å². The zero-order valence-corrected chi connectivity index (χ0v) is 31.5. The molecule has 0 heterocycles. The summed E-state index contributed by atoms with van der Waals surface area (Å²) in [6.07, 6.45) is 3.77. The van der Waals surface area contributed by atoms with Crippen molar-refractivity contribution in [2.75, 3.05) is 42.7 Å². The Hall–Kier alpha value is -7.01. The van der Waals surface area contributed by atoms with Gasteiger partial charge in [-0.15, -0.1) is 0 Å². The Morgan fingerprint density at radius 1 is 0.526 bits per heavy atom. The zero-order valence-electron chi connectivity index (χ0n) is 31.5. The van der Waals surface area contributed by atoms with Crippen molar-refractivity contribution in [1.29, 1.82) is 0 Å². The summed E-state index contributed by atoms with van der Waals surface area (Å²) in [5.41, 5.74) is 1.82. The third-order valence-electron chi connectivity index (χ3n) is 8.38. The standard InChI is InChI=1S/C22H20O5.C12H10O2.C10H12O4.2CH4/c1-25-19-12-14(13-20(26-2)22(19)27-3)8-11-18(23)17-10-9-15-6-4-5-7-16(15)21(17)24;1-8(13)10-7-6-9-4-2-3-5-11(9)12(10)14;1-12-8-4-7(6-11)5-9(13-2)10(8)14-3;;/h4-13,24H,1-3H3;2-7,14H,1H3;4-6H,1-3H3;2*1H4/b11-8+;;;;. The molecule has 2 N–H and O–H groups in total. The second kappa shape index (κ2) is 21.8. The van der Waals surface area contributed by atoms with E-state index in [0.717, 1.165) is 22.4 Å². The molecule has 6 aromatic rings. The number of ketones is 2. The Morgan fingerprint density at radius 3 is 1.30 bits per heavy atom. The number of carbonyl (C=O) groups is 3. The largest absolute Gasteiger partial charge is 0.507 e. The summed E-state index contributed by atoms with van der Waals surface area (Å²) < 4.78 is 31.1. The number of ether oxygens (including phenoxy) is 6. The van der Waals surface area contributed by atoms with Crippen molar-refractivity contribution in [2.45, 2.75) is 21.8 Å². The molecule has 0 aliphatic heterocycles. The molecule has 0 amide bonds. The molecule has 0 radical (unpaired) electrons. The highest BCUT2D eigenvalue weighted by Crippen LogP contribution is 2.39. The lowest BCUT2D eigenvalue weighted by atomic mass is 10.0. The predicted molar refractivity (Wildman–Crippen MR) is 226 cm³/mol. The minimum atomic E-state index is -0.299. The molecule has 300 valence electrons. The normalized spacial score (nSPS) is 10.0. The van der Waals surface area contributed by atoms with Crippen LogP contribution in [0.4, 0.5) is 0 Å². The first-order chi connectivity index (χ1) is 26.5. The van der Waals surface area contributed by atoms with Crippen molar-refractivity contribution in [1.82, 2.24) is 0 Å². The van der Waals surface area contributed by atoms with Gasteiger partial charge in [-0.2, -0.15) is 0 Å². The Balaban J connectivity index is 0.000000317. The van der Waals surface area contributed by atoms with Crippen LogP contribution in [0.25, 0.3) is 27.6 Å². The summed E-state index contributed by atoms with van der Waals surface area (Å²) in [7, 11) is 9.12. The van der Waals surface area contributed by atoms with E-state index in [2.05, 4.69) is 0 Å². The number of phenols is 2. The van der Waals surface area contributed by atoms with Crippen LogP contribution in [0.3, 0.4) is 0 Å². The monoisotopic (exact) mass is 778 g/mol. The number of fused-ring (bicyclic) bond motifs is 2. The highest BCUT2D eigenvalue weighted by molar-refractivity contribution is 6.12. The third-order valence-corrected chi connectivity index (χ3v) is 8.38. The fourth-order valence-corrected chi connectivity index (χ4v) is 5.62.